The van der Waals surface area contributed by atoms with E-state index in [0.717, 1.165) is 0 Å². The topological polar surface area (TPSA) is 23.1 Å². The van der Waals surface area contributed by atoms with Crippen LogP contribution in [-0.4, -0.2) is 6.61 Å². The van der Waals surface area contributed by atoms with Crippen LogP contribution in [-0.2, 0) is 0 Å². The number of hydrogen-bond acceptors (Lipinski definition) is 1. The summed E-state index contributed by atoms with van der Waals surface area (Å²) in [6.07, 6.45) is 0. The molecule has 0 aliphatic heterocycles. The Bertz CT molecular complexity index is 21.5. The van der Waals surface area contributed by atoms with Gasteiger partial charge in [-0.1, -0.05) is 19.8 Å². The van der Waals surface area contributed by atoms with Crippen molar-refractivity contribution in [3.8, 4) is 0 Å². The summed E-state index contributed by atoms with van der Waals surface area (Å²) in [7, 11) is 0. The van der Waals surface area contributed by atoms with Crippen LogP contribution in [0.5, 0.6) is 0 Å². The maximum absolute atomic E-state index is 9.63. The van der Waals surface area contributed by atoms with Crippen LogP contribution in [0.2, 0.25) is 0 Å². The fourth-order valence-corrected chi connectivity index (χ4v) is 0. The molecule has 0 amide bonds. The Morgan fingerprint density at radius 3 is 1.67 bits per heavy atom. The van der Waals surface area contributed by atoms with Crippen molar-refractivity contribution in [3.05, 3.63) is 0 Å². The Hall–Kier alpha value is 0.557. The molecule has 1 nitrogen and oxygen atoms in total. The minimum absolute atomic E-state index is 0. The minimum Gasteiger partial charge on any atom is -0.854 e. The van der Waals surface area contributed by atoms with Crippen molar-refractivity contribution < 1.29 is 24.0 Å². The van der Waals surface area contributed by atoms with E-state index in [1.807, 2.05) is 13.8 Å². The van der Waals surface area contributed by atoms with E-state index < -0.39 is 0 Å². The molecule has 0 atom stereocenters. The first-order chi connectivity index (χ1) is 2.27. The molecule has 0 N–H and O–H groups in total. The summed E-state index contributed by atoms with van der Waals surface area (Å²) >= 11 is 0. The van der Waals surface area contributed by atoms with Gasteiger partial charge in [0.05, 0.1) is 0 Å². The first-order valence-corrected chi connectivity index (χ1v) is 1.85. The molecule has 0 heterocycles. The molecule has 0 saturated heterocycles. The predicted octanol–water partition coefficient (Wildman–Crippen LogP) is -2.99. The monoisotopic (exact) mass is 80.1 g/mol. The zero-order valence-electron chi connectivity index (χ0n) is 4.69. The van der Waals surface area contributed by atoms with Crippen LogP contribution in [0.4, 0.5) is 0 Å². The van der Waals surface area contributed by atoms with Crippen LogP contribution in [0.3, 0.4) is 0 Å². The van der Waals surface area contributed by atoms with E-state index in [1.54, 1.807) is 0 Å². The van der Waals surface area contributed by atoms with E-state index in [2.05, 4.69) is 0 Å². The van der Waals surface area contributed by atoms with Gasteiger partial charge in [0.2, 0.25) is 0 Å². The van der Waals surface area contributed by atoms with Crippen molar-refractivity contribution in [2.75, 3.05) is 6.61 Å². The van der Waals surface area contributed by atoms with Gasteiger partial charge in [-0.2, -0.15) is 0 Å². The largest absolute Gasteiger partial charge is 1.00 e. The van der Waals surface area contributed by atoms with Crippen LogP contribution < -0.4 is 24.0 Å². The maximum Gasteiger partial charge on any atom is 1.00 e. The van der Waals surface area contributed by atoms with Gasteiger partial charge >= 0.3 is 18.9 Å². The van der Waals surface area contributed by atoms with Crippen molar-refractivity contribution >= 4 is 0 Å². The molecule has 0 aromatic carbocycles. The van der Waals surface area contributed by atoms with E-state index >= 15 is 0 Å². The summed E-state index contributed by atoms with van der Waals surface area (Å²) in [6, 6.07) is 0. The molecule has 0 unspecified atom stereocenters. The average Bonchev–Trinajstić information content (AvgIpc) is 1.38. The van der Waals surface area contributed by atoms with Gasteiger partial charge in [0, 0.05) is 0 Å². The van der Waals surface area contributed by atoms with Gasteiger partial charge in [-0.3, -0.25) is 0 Å². The number of rotatable bonds is 1. The maximum atomic E-state index is 9.63. The second-order valence-corrected chi connectivity index (χ2v) is 1.56. The van der Waals surface area contributed by atoms with Gasteiger partial charge in [-0.25, -0.2) is 0 Å². The molecule has 32 valence electrons. The van der Waals surface area contributed by atoms with Crippen LogP contribution in [0.15, 0.2) is 0 Å². The Labute approximate surface area is 50.9 Å². The van der Waals surface area contributed by atoms with Gasteiger partial charge in [-0.15, -0.1) is 6.61 Å². The zero-order valence-corrected chi connectivity index (χ0v) is 4.69. The molecule has 0 spiro atoms. The molecule has 0 aliphatic rings. The van der Waals surface area contributed by atoms with Gasteiger partial charge in [-0.05, 0) is 0 Å². The molecular weight excluding hydrogens is 71.0 g/mol. The summed E-state index contributed by atoms with van der Waals surface area (Å²) < 4.78 is 0. The van der Waals surface area contributed by atoms with Crippen molar-refractivity contribution in [2.45, 2.75) is 13.8 Å². The standard InChI is InChI=1S/C4H9O.Li/c1-4(2)3-5;/h4H,3H2,1-2H3;/q-1;+1. The number of hydrogen-bond donors (Lipinski definition) is 0. The molecular formula is C4H9LiO. The fourth-order valence-electron chi connectivity index (χ4n) is 0. The van der Waals surface area contributed by atoms with Gasteiger partial charge < -0.3 is 5.11 Å². The third-order valence-corrected chi connectivity index (χ3v) is 0.333. The summed E-state index contributed by atoms with van der Waals surface area (Å²) in [4.78, 5) is 0. The van der Waals surface area contributed by atoms with E-state index in [-0.39, 0.29) is 25.5 Å². The molecule has 0 aromatic rings. The molecule has 0 aromatic heterocycles. The Morgan fingerprint density at radius 2 is 1.67 bits per heavy atom. The summed E-state index contributed by atoms with van der Waals surface area (Å²) in [5, 5.41) is 9.63. The quantitative estimate of drug-likeness (QED) is 0.308. The second kappa shape index (κ2) is 5.56. The molecule has 0 fully saturated rings. The predicted molar refractivity (Wildman–Crippen MR) is 19.7 cm³/mol. The van der Waals surface area contributed by atoms with Crippen molar-refractivity contribution in [2.24, 2.45) is 5.92 Å². The van der Waals surface area contributed by atoms with Crippen LogP contribution in [0.1, 0.15) is 13.8 Å². The van der Waals surface area contributed by atoms with E-state index in [1.165, 1.54) is 0 Å². The first-order valence-electron chi connectivity index (χ1n) is 1.85. The van der Waals surface area contributed by atoms with Gasteiger partial charge in [0.15, 0.2) is 0 Å². The SMILES string of the molecule is CC(C)C[O-].[Li+]. The summed E-state index contributed by atoms with van der Waals surface area (Å²) in [5.74, 6) is 0.329. The van der Waals surface area contributed by atoms with E-state index in [0.29, 0.717) is 5.92 Å². The zero-order chi connectivity index (χ0) is 4.28. The van der Waals surface area contributed by atoms with Crippen molar-refractivity contribution in [1.82, 2.24) is 0 Å². The van der Waals surface area contributed by atoms with Crippen LogP contribution >= 0.6 is 0 Å². The van der Waals surface area contributed by atoms with Crippen molar-refractivity contribution in [3.63, 3.8) is 0 Å². The Morgan fingerprint density at radius 1 is 1.50 bits per heavy atom. The smallest absolute Gasteiger partial charge is 0.854 e. The molecule has 0 bridgehead atoms. The normalized spacial score (nSPS) is 8.00. The molecule has 2 heteroatoms. The van der Waals surface area contributed by atoms with Crippen LogP contribution in [0.25, 0.3) is 0 Å². The molecule has 0 rings (SSSR count). The Kier molecular flexibility index (Phi) is 9.03. The summed E-state index contributed by atoms with van der Waals surface area (Å²) in [5.41, 5.74) is 0. The van der Waals surface area contributed by atoms with Crippen LogP contribution in [0, 0.1) is 5.92 Å². The van der Waals surface area contributed by atoms with E-state index in [9.17, 15) is 5.11 Å². The fraction of sp³-hybridized carbons (Fsp3) is 1.00. The molecule has 0 saturated carbocycles. The minimum atomic E-state index is 0. The molecule has 0 aliphatic carbocycles. The summed E-state index contributed by atoms with van der Waals surface area (Å²) in [6.45, 7) is 3.88. The first kappa shape index (κ1) is 9.75. The van der Waals surface area contributed by atoms with Crippen molar-refractivity contribution in [1.29, 1.82) is 0 Å². The van der Waals surface area contributed by atoms with Gasteiger partial charge in [0.1, 0.15) is 0 Å². The third kappa shape index (κ3) is 8.82. The second-order valence-electron chi connectivity index (χ2n) is 1.56. The Balaban J connectivity index is 0. The molecule has 6 heavy (non-hydrogen) atoms. The third-order valence-electron chi connectivity index (χ3n) is 0.333. The van der Waals surface area contributed by atoms with Gasteiger partial charge in [0.25, 0.3) is 0 Å². The molecule has 0 radical (unpaired) electrons. The van der Waals surface area contributed by atoms with E-state index in [4.69, 9.17) is 0 Å². The average molecular weight is 80.1 g/mol.